The van der Waals surface area contributed by atoms with E-state index in [0.717, 1.165) is 11.0 Å². The smallest absolute Gasteiger partial charge is 0.197 e. The summed E-state index contributed by atoms with van der Waals surface area (Å²) in [5.41, 5.74) is 8.76. The molecule has 3 N–H and O–H groups in total. The summed E-state index contributed by atoms with van der Waals surface area (Å²) in [6, 6.07) is 12.8. The van der Waals surface area contributed by atoms with Crippen LogP contribution in [0.4, 0.5) is 5.69 Å². The van der Waals surface area contributed by atoms with Crippen LogP contribution in [0.2, 0.25) is 5.02 Å². The van der Waals surface area contributed by atoms with Gasteiger partial charge in [0.05, 0.1) is 27.6 Å². The van der Waals surface area contributed by atoms with E-state index in [4.69, 9.17) is 17.3 Å². The first-order chi connectivity index (χ1) is 9.65. The minimum absolute atomic E-state index is 0.241. The van der Waals surface area contributed by atoms with Crippen LogP contribution in [0.15, 0.2) is 47.6 Å². The zero-order chi connectivity index (χ0) is 14.1. The molecule has 0 bridgehead atoms. The number of nitrogen functional groups attached to an aromatic ring is 1. The second kappa shape index (κ2) is 5.26. The number of imidazole rings is 1. The Labute approximate surface area is 123 Å². The summed E-state index contributed by atoms with van der Waals surface area (Å²) in [5, 5.41) is 0.958. The fraction of sp³-hybridized carbons (Fsp3) is 0.0714. The quantitative estimate of drug-likeness (QED) is 0.730. The van der Waals surface area contributed by atoms with Crippen molar-refractivity contribution < 1.29 is 4.21 Å². The van der Waals surface area contributed by atoms with Crippen LogP contribution in [0.3, 0.4) is 0 Å². The molecule has 3 aromatic rings. The molecule has 0 radical (unpaired) electrons. The average Bonchev–Trinajstić information content (AvgIpc) is 2.87. The summed E-state index contributed by atoms with van der Waals surface area (Å²) in [6.07, 6.45) is 0. The number of hydrogen-bond acceptors (Lipinski definition) is 3. The van der Waals surface area contributed by atoms with Crippen molar-refractivity contribution in [1.29, 1.82) is 0 Å². The van der Waals surface area contributed by atoms with Crippen LogP contribution in [0.5, 0.6) is 0 Å². The van der Waals surface area contributed by atoms with Gasteiger partial charge >= 0.3 is 0 Å². The van der Waals surface area contributed by atoms with Gasteiger partial charge < -0.3 is 10.7 Å². The lowest BCUT2D eigenvalue weighted by molar-refractivity contribution is 0.677. The Hall–Kier alpha value is -1.85. The van der Waals surface area contributed by atoms with Crippen molar-refractivity contribution in [3.05, 3.63) is 53.1 Å². The molecule has 0 fully saturated rings. The third-order valence-corrected chi connectivity index (χ3v) is 4.54. The molecule has 1 unspecified atom stereocenters. The lowest BCUT2D eigenvalue weighted by Gasteiger charge is -2.06. The lowest BCUT2D eigenvalue weighted by atomic mass is 10.2. The number of aromatic amines is 1. The lowest BCUT2D eigenvalue weighted by Crippen LogP contribution is -2.02. The van der Waals surface area contributed by atoms with Crippen molar-refractivity contribution in [2.45, 2.75) is 10.9 Å². The summed E-state index contributed by atoms with van der Waals surface area (Å²) < 4.78 is 12.4. The highest BCUT2D eigenvalue weighted by Crippen LogP contribution is 2.25. The van der Waals surface area contributed by atoms with E-state index in [1.807, 2.05) is 24.3 Å². The number of nitrogens with zero attached hydrogens (tertiary/aromatic N) is 1. The Bertz CT molecular complexity index is 747. The van der Waals surface area contributed by atoms with Crippen molar-refractivity contribution in [3.8, 4) is 0 Å². The molecule has 0 saturated heterocycles. The Balaban J connectivity index is 1.93. The Morgan fingerprint density at radius 1 is 1.20 bits per heavy atom. The highest BCUT2D eigenvalue weighted by Gasteiger charge is 2.14. The second-order valence-corrected chi connectivity index (χ2v) is 6.13. The van der Waals surface area contributed by atoms with Crippen LogP contribution in [-0.2, 0) is 16.6 Å². The number of aromatic nitrogens is 2. The van der Waals surface area contributed by atoms with Crippen LogP contribution in [0, 0.1) is 0 Å². The molecule has 0 aliphatic heterocycles. The Morgan fingerprint density at radius 3 is 2.75 bits per heavy atom. The van der Waals surface area contributed by atoms with E-state index < -0.39 is 10.8 Å². The SMILES string of the molecule is Nc1cccc(Cl)c1CS(=O)c1nc2ccccc2[nH]1. The van der Waals surface area contributed by atoms with E-state index in [1.54, 1.807) is 18.2 Å². The largest absolute Gasteiger partial charge is 0.398 e. The predicted octanol–water partition coefficient (Wildman–Crippen LogP) is 3.11. The second-order valence-electron chi connectivity index (χ2n) is 4.36. The monoisotopic (exact) mass is 305 g/mol. The van der Waals surface area contributed by atoms with Crippen LogP contribution in [0.25, 0.3) is 11.0 Å². The number of nitrogens with two attached hydrogens (primary N) is 1. The maximum absolute atomic E-state index is 12.4. The van der Waals surface area contributed by atoms with Gasteiger partial charge in [0.2, 0.25) is 0 Å². The summed E-state index contributed by atoms with van der Waals surface area (Å²) in [4.78, 5) is 7.39. The van der Waals surface area contributed by atoms with Gasteiger partial charge in [-0.15, -0.1) is 0 Å². The normalized spacial score (nSPS) is 12.7. The van der Waals surface area contributed by atoms with Gasteiger partial charge in [0.25, 0.3) is 0 Å². The van der Waals surface area contributed by atoms with E-state index in [-0.39, 0.29) is 5.75 Å². The fourth-order valence-electron chi connectivity index (χ4n) is 1.96. The molecule has 102 valence electrons. The molecule has 6 heteroatoms. The summed E-state index contributed by atoms with van der Waals surface area (Å²) in [5.74, 6) is 0.241. The molecule has 2 aromatic carbocycles. The van der Waals surface area contributed by atoms with Gasteiger partial charge in [0.15, 0.2) is 5.16 Å². The number of fused-ring (bicyclic) bond motifs is 1. The van der Waals surface area contributed by atoms with E-state index in [9.17, 15) is 4.21 Å². The van der Waals surface area contributed by atoms with Gasteiger partial charge in [0.1, 0.15) is 0 Å². The summed E-state index contributed by atoms with van der Waals surface area (Å²) >= 11 is 6.09. The zero-order valence-electron chi connectivity index (χ0n) is 10.5. The van der Waals surface area contributed by atoms with Gasteiger partial charge in [-0.05, 0) is 24.3 Å². The number of para-hydroxylation sites is 2. The fourth-order valence-corrected chi connectivity index (χ4v) is 3.44. The minimum Gasteiger partial charge on any atom is -0.398 e. The maximum atomic E-state index is 12.4. The first-order valence-corrected chi connectivity index (χ1v) is 7.71. The average molecular weight is 306 g/mol. The molecule has 20 heavy (non-hydrogen) atoms. The topological polar surface area (TPSA) is 71.8 Å². The molecule has 1 aromatic heterocycles. The number of nitrogens with one attached hydrogen (secondary N) is 1. The van der Waals surface area contributed by atoms with Crippen LogP contribution >= 0.6 is 11.6 Å². The van der Waals surface area contributed by atoms with Gasteiger partial charge in [-0.3, -0.25) is 4.21 Å². The van der Waals surface area contributed by atoms with Crippen LogP contribution < -0.4 is 5.73 Å². The van der Waals surface area contributed by atoms with Gasteiger partial charge in [-0.2, -0.15) is 0 Å². The molecular weight excluding hydrogens is 294 g/mol. The van der Waals surface area contributed by atoms with Crippen molar-refractivity contribution in [2.24, 2.45) is 0 Å². The number of benzene rings is 2. The predicted molar refractivity (Wildman–Crippen MR) is 82.1 cm³/mol. The zero-order valence-corrected chi connectivity index (χ0v) is 12.0. The number of H-pyrrole nitrogens is 1. The summed E-state index contributed by atoms with van der Waals surface area (Å²) in [6.45, 7) is 0. The van der Waals surface area contributed by atoms with Gasteiger partial charge in [0, 0.05) is 16.3 Å². The molecule has 0 spiro atoms. The molecular formula is C14H12ClN3OS. The molecule has 1 heterocycles. The number of rotatable bonds is 3. The first-order valence-electron chi connectivity index (χ1n) is 6.01. The van der Waals surface area contributed by atoms with E-state index >= 15 is 0 Å². The number of anilines is 1. The summed E-state index contributed by atoms with van der Waals surface area (Å²) in [7, 11) is -1.32. The number of halogens is 1. The van der Waals surface area contributed by atoms with E-state index in [1.165, 1.54) is 0 Å². The van der Waals surface area contributed by atoms with E-state index in [2.05, 4.69) is 9.97 Å². The van der Waals surface area contributed by atoms with Crippen LogP contribution in [0.1, 0.15) is 5.56 Å². The third-order valence-electron chi connectivity index (χ3n) is 3.01. The standard InChI is InChI=1S/C14H12ClN3OS/c15-10-4-3-5-11(16)9(10)8-20(19)14-17-12-6-1-2-7-13(12)18-14/h1-7H,8,16H2,(H,17,18). The highest BCUT2D eigenvalue weighted by molar-refractivity contribution is 7.84. The number of hydrogen-bond donors (Lipinski definition) is 2. The molecule has 0 amide bonds. The molecule has 1 atom stereocenters. The van der Waals surface area contributed by atoms with Crippen molar-refractivity contribution in [3.63, 3.8) is 0 Å². The van der Waals surface area contributed by atoms with Gasteiger partial charge in [-0.25, -0.2) is 4.98 Å². The van der Waals surface area contributed by atoms with Crippen LogP contribution in [-0.4, -0.2) is 14.2 Å². The third kappa shape index (κ3) is 2.42. The molecule has 0 saturated carbocycles. The Morgan fingerprint density at radius 2 is 2.00 bits per heavy atom. The van der Waals surface area contributed by atoms with Crippen molar-refractivity contribution >= 4 is 39.1 Å². The first kappa shape index (κ1) is 13.1. The molecule has 0 aliphatic carbocycles. The van der Waals surface area contributed by atoms with Gasteiger partial charge in [-0.1, -0.05) is 29.8 Å². The molecule has 0 aliphatic rings. The van der Waals surface area contributed by atoms with E-state index in [0.29, 0.717) is 21.4 Å². The molecule has 4 nitrogen and oxygen atoms in total. The maximum Gasteiger partial charge on any atom is 0.197 e. The Kier molecular flexibility index (Phi) is 3.46. The highest BCUT2D eigenvalue weighted by atomic mass is 35.5. The van der Waals surface area contributed by atoms with Crippen molar-refractivity contribution in [2.75, 3.05) is 5.73 Å². The van der Waals surface area contributed by atoms with Crippen molar-refractivity contribution in [1.82, 2.24) is 9.97 Å². The molecule has 3 rings (SSSR count). The minimum atomic E-state index is -1.32.